The lowest BCUT2D eigenvalue weighted by Crippen LogP contribution is -2.40. The van der Waals surface area contributed by atoms with Crippen LogP contribution in [0.4, 0.5) is 0 Å². The minimum Gasteiger partial charge on any atom is -0.468 e. The predicted octanol–water partition coefficient (Wildman–Crippen LogP) is 2.79. The van der Waals surface area contributed by atoms with Crippen molar-refractivity contribution < 1.29 is 19.1 Å². The number of esters is 2. The molecule has 0 aromatic heterocycles. The van der Waals surface area contributed by atoms with Crippen molar-refractivity contribution in [2.75, 3.05) is 14.2 Å². The number of hydrogen-bond acceptors (Lipinski definition) is 4. The lowest BCUT2D eigenvalue weighted by atomic mass is 9.72. The van der Waals surface area contributed by atoms with Gasteiger partial charge in [-0.3, -0.25) is 9.59 Å². The molecule has 0 aliphatic heterocycles. The maximum absolute atomic E-state index is 12.2. The highest BCUT2D eigenvalue weighted by Crippen LogP contribution is 2.54. The van der Waals surface area contributed by atoms with Gasteiger partial charge in [-0.25, -0.2) is 0 Å². The largest absolute Gasteiger partial charge is 0.468 e. The first kappa shape index (κ1) is 14.8. The minimum atomic E-state index is -1.20. The first-order chi connectivity index (χ1) is 9.26. The van der Waals surface area contributed by atoms with Crippen LogP contribution in [0.1, 0.15) is 40.0 Å². The summed E-state index contributed by atoms with van der Waals surface area (Å²) in [6, 6.07) is 0. The van der Waals surface area contributed by atoms with E-state index in [0.717, 1.165) is 12.0 Å². The van der Waals surface area contributed by atoms with Gasteiger partial charge in [0.1, 0.15) is 0 Å². The number of carbonyl (C=O) groups excluding carboxylic acids is 2. The summed E-state index contributed by atoms with van der Waals surface area (Å²) in [5, 5.41) is 0. The molecule has 4 nitrogen and oxygen atoms in total. The average Bonchev–Trinajstić information content (AvgIpc) is 2.77. The molecule has 2 rings (SSSR count). The highest BCUT2D eigenvalue weighted by Gasteiger charge is 2.55. The van der Waals surface area contributed by atoms with Gasteiger partial charge in [0.05, 0.1) is 14.2 Å². The van der Waals surface area contributed by atoms with Gasteiger partial charge in [0.25, 0.3) is 0 Å². The summed E-state index contributed by atoms with van der Waals surface area (Å²) in [5.74, 6) is -0.999. The quantitative estimate of drug-likeness (QED) is 0.575. The number of hydrogen-bond donors (Lipinski definition) is 0. The molecule has 0 fully saturated rings. The van der Waals surface area contributed by atoms with Gasteiger partial charge < -0.3 is 9.47 Å². The Kier molecular flexibility index (Phi) is 3.53. The molecule has 0 saturated heterocycles. The SMILES string of the molecule is COC(=O)C1(C(=O)OC)CC2=C(C1)C(C)(C)CC(C)=C2. The van der Waals surface area contributed by atoms with Crippen molar-refractivity contribution in [2.24, 2.45) is 10.8 Å². The zero-order valence-corrected chi connectivity index (χ0v) is 12.8. The Balaban J connectivity index is 2.45. The fourth-order valence-corrected chi connectivity index (χ4v) is 3.64. The molecule has 0 amide bonds. The molecular weight excluding hydrogens is 256 g/mol. The Hall–Kier alpha value is -1.58. The molecule has 2 aliphatic rings. The van der Waals surface area contributed by atoms with Gasteiger partial charge in [0, 0.05) is 0 Å². The summed E-state index contributed by atoms with van der Waals surface area (Å²) in [7, 11) is 2.63. The monoisotopic (exact) mass is 278 g/mol. The Morgan fingerprint density at radius 2 is 1.60 bits per heavy atom. The second-order valence-electron chi connectivity index (χ2n) is 6.47. The van der Waals surface area contributed by atoms with E-state index in [2.05, 4.69) is 26.8 Å². The van der Waals surface area contributed by atoms with Crippen LogP contribution in [-0.4, -0.2) is 26.2 Å². The van der Waals surface area contributed by atoms with Crippen LogP contribution in [0, 0.1) is 10.8 Å². The third-order valence-corrected chi connectivity index (χ3v) is 4.47. The Bertz CT molecular complexity index is 507. The maximum atomic E-state index is 12.2. The van der Waals surface area contributed by atoms with Crippen molar-refractivity contribution >= 4 is 11.9 Å². The summed E-state index contributed by atoms with van der Waals surface area (Å²) in [5.41, 5.74) is 2.32. The first-order valence-corrected chi connectivity index (χ1v) is 6.83. The molecule has 0 N–H and O–H groups in total. The zero-order valence-electron chi connectivity index (χ0n) is 12.8. The third-order valence-electron chi connectivity index (χ3n) is 4.47. The van der Waals surface area contributed by atoms with E-state index in [4.69, 9.17) is 9.47 Å². The number of allylic oxidation sites excluding steroid dienone is 4. The van der Waals surface area contributed by atoms with Crippen LogP contribution in [0.15, 0.2) is 22.8 Å². The van der Waals surface area contributed by atoms with E-state index in [0.29, 0.717) is 12.8 Å². The van der Waals surface area contributed by atoms with Gasteiger partial charge in [-0.05, 0) is 37.2 Å². The van der Waals surface area contributed by atoms with E-state index < -0.39 is 17.4 Å². The Morgan fingerprint density at radius 1 is 1.05 bits per heavy atom. The molecule has 0 heterocycles. The van der Waals surface area contributed by atoms with Gasteiger partial charge in [0.2, 0.25) is 0 Å². The van der Waals surface area contributed by atoms with Crippen molar-refractivity contribution in [1.82, 2.24) is 0 Å². The second kappa shape index (κ2) is 4.76. The predicted molar refractivity (Wildman–Crippen MR) is 74.9 cm³/mol. The van der Waals surface area contributed by atoms with Gasteiger partial charge in [-0.15, -0.1) is 0 Å². The lowest BCUT2D eigenvalue weighted by Gasteiger charge is -2.32. The van der Waals surface area contributed by atoms with Crippen LogP contribution in [0.3, 0.4) is 0 Å². The highest BCUT2D eigenvalue weighted by molar-refractivity contribution is 6.01. The van der Waals surface area contributed by atoms with Gasteiger partial charge in [-0.2, -0.15) is 0 Å². The van der Waals surface area contributed by atoms with Gasteiger partial charge in [0.15, 0.2) is 5.41 Å². The fourth-order valence-electron chi connectivity index (χ4n) is 3.64. The van der Waals surface area contributed by atoms with E-state index in [-0.39, 0.29) is 5.41 Å². The molecule has 2 aliphatic carbocycles. The molecule has 0 aromatic carbocycles. The van der Waals surface area contributed by atoms with Crippen molar-refractivity contribution in [1.29, 1.82) is 0 Å². The summed E-state index contributed by atoms with van der Waals surface area (Å²) in [6.45, 7) is 6.40. The molecule has 0 saturated carbocycles. The van der Waals surface area contributed by atoms with Crippen molar-refractivity contribution in [3.8, 4) is 0 Å². The molecule has 0 unspecified atom stereocenters. The molecule has 0 bridgehead atoms. The molecular formula is C16H22O4. The number of ether oxygens (including phenoxy) is 2. The van der Waals surface area contributed by atoms with Crippen LogP contribution in [-0.2, 0) is 19.1 Å². The fraction of sp³-hybridized carbons (Fsp3) is 0.625. The molecule has 20 heavy (non-hydrogen) atoms. The summed E-state index contributed by atoms with van der Waals surface area (Å²) in [6.07, 6.45) is 3.83. The highest BCUT2D eigenvalue weighted by atomic mass is 16.5. The molecule has 0 aromatic rings. The van der Waals surface area contributed by atoms with Crippen LogP contribution in [0.25, 0.3) is 0 Å². The Morgan fingerprint density at radius 3 is 2.10 bits per heavy atom. The van der Waals surface area contributed by atoms with Crippen LogP contribution in [0.2, 0.25) is 0 Å². The standard InChI is InChI=1S/C16H22O4/c1-10-6-11-8-16(13(17)19-4,14(18)20-5)9-12(11)15(2,3)7-10/h6H,7-9H2,1-5H3. The van der Waals surface area contributed by atoms with Gasteiger partial charge >= 0.3 is 11.9 Å². The topological polar surface area (TPSA) is 52.6 Å². The minimum absolute atomic E-state index is 0.0298. The van der Waals surface area contributed by atoms with E-state index in [9.17, 15) is 9.59 Å². The van der Waals surface area contributed by atoms with Crippen molar-refractivity contribution in [3.05, 3.63) is 22.8 Å². The molecule has 0 spiro atoms. The number of rotatable bonds is 2. The summed E-state index contributed by atoms with van der Waals surface area (Å²) in [4.78, 5) is 24.4. The van der Waals surface area contributed by atoms with E-state index in [1.54, 1.807) is 0 Å². The molecule has 0 atom stereocenters. The summed E-state index contributed by atoms with van der Waals surface area (Å²) >= 11 is 0. The van der Waals surface area contributed by atoms with Crippen LogP contribution < -0.4 is 0 Å². The van der Waals surface area contributed by atoms with Crippen LogP contribution in [0.5, 0.6) is 0 Å². The number of methoxy groups -OCH3 is 2. The Labute approximate surface area is 119 Å². The van der Waals surface area contributed by atoms with E-state index in [1.807, 2.05) is 0 Å². The smallest absolute Gasteiger partial charge is 0.323 e. The first-order valence-electron chi connectivity index (χ1n) is 6.83. The lowest BCUT2D eigenvalue weighted by molar-refractivity contribution is -0.168. The molecule has 110 valence electrons. The molecule has 0 radical (unpaired) electrons. The zero-order chi connectivity index (χ0) is 15.1. The van der Waals surface area contributed by atoms with E-state index >= 15 is 0 Å². The second-order valence-corrected chi connectivity index (χ2v) is 6.47. The summed E-state index contributed by atoms with van der Waals surface area (Å²) < 4.78 is 9.75. The molecule has 4 heteroatoms. The van der Waals surface area contributed by atoms with Gasteiger partial charge in [-0.1, -0.05) is 31.1 Å². The number of carbonyl (C=O) groups is 2. The maximum Gasteiger partial charge on any atom is 0.323 e. The van der Waals surface area contributed by atoms with Crippen LogP contribution >= 0.6 is 0 Å². The van der Waals surface area contributed by atoms with Crippen molar-refractivity contribution in [2.45, 2.75) is 40.0 Å². The van der Waals surface area contributed by atoms with Crippen molar-refractivity contribution in [3.63, 3.8) is 0 Å². The average molecular weight is 278 g/mol. The van der Waals surface area contributed by atoms with E-state index in [1.165, 1.54) is 25.4 Å². The normalized spacial score (nSPS) is 22.9. The third kappa shape index (κ3) is 2.07.